The van der Waals surface area contributed by atoms with Gasteiger partial charge in [0.1, 0.15) is 0 Å². The van der Waals surface area contributed by atoms with Crippen LogP contribution in [0.25, 0.3) is 44.2 Å². The zero-order chi connectivity index (χ0) is 31.9. The van der Waals surface area contributed by atoms with Gasteiger partial charge in [-0.05, 0) is 109 Å². The summed E-state index contributed by atoms with van der Waals surface area (Å²) in [5.74, 6) is 0. The third-order valence-corrected chi connectivity index (χ3v) is 10.8. The molecular formula is C46H37N. The van der Waals surface area contributed by atoms with Gasteiger partial charge in [-0.15, -0.1) is 0 Å². The van der Waals surface area contributed by atoms with E-state index in [1.54, 1.807) is 0 Å². The van der Waals surface area contributed by atoms with Crippen LogP contribution in [0.4, 0.5) is 17.1 Å². The Morgan fingerprint density at radius 2 is 0.936 bits per heavy atom. The second-order valence-corrected chi connectivity index (χ2v) is 14.2. The number of hydrogen-bond acceptors (Lipinski definition) is 1. The van der Waals surface area contributed by atoms with Crippen molar-refractivity contribution in [1.82, 2.24) is 0 Å². The lowest BCUT2D eigenvalue weighted by Crippen LogP contribution is -2.18. The molecule has 47 heavy (non-hydrogen) atoms. The van der Waals surface area contributed by atoms with E-state index in [2.05, 4.69) is 184 Å². The molecule has 0 fully saturated rings. The first kappa shape index (κ1) is 27.9. The molecule has 0 aliphatic heterocycles. The first-order valence-corrected chi connectivity index (χ1v) is 16.7. The molecule has 0 saturated heterocycles. The Labute approximate surface area is 277 Å². The molecule has 2 aliphatic rings. The van der Waals surface area contributed by atoms with Crippen LogP contribution < -0.4 is 4.90 Å². The van der Waals surface area contributed by atoms with Gasteiger partial charge >= 0.3 is 0 Å². The lowest BCUT2D eigenvalue weighted by Gasteiger charge is -2.29. The van der Waals surface area contributed by atoms with Crippen LogP contribution in [-0.4, -0.2) is 0 Å². The maximum Gasteiger partial charge on any atom is 0.0465 e. The van der Waals surface area contributed by atoms with E-state index in [0.717, 1.165) is 5.69 Å². The number of hydrogen-bond donors (Lipinski definition) is 0. The summed E-state index contributed by atoms with van der Waals surface area (Å²) in [6.45, 7) is 9.51. The third-order valence-electron chi connectivity index (χ3n) is 10.8. The predicted molar refractivity (Wildman–Crippen MR) is 199 cm³/mol. The van der Waals surface area contributed by atoms with Crippen molar-refractivity contribution in [3.8, 4) is 33.4 Å². The number of rotatable bonds is 4. The van der Waals surface area contributed by atoms with E-state index in [1.807, 2.05) is 0 Å². The van der Waals surface area contributed by atoms with Gasteiger partial charge in [0.2, 0.25) is 0 Å². The highest BCUT2D eigenvalue weighted by Gasteiger charge is 2.38. The van der Waals surface area contributed by atoms with Crippen LogP contribution in [0.5, 0.6) is 0 Å². The zero-order valence-corrected chi connectivity index (χ0v) is 27.4. The first-order chi connectivity index (χ1) is 22.8. The van der Waals surface area contributed by atoms with E-state index in [4.69, 9.17) is 0 Å². The molecular weight excluding hydrogens is 567 g/mol. The predicted octanol–water partition coefficient (Wildman–Crippen LogP) is 12.6. The SMILES string of the molecule is CC1(C)c2cc(-c3ccccc3)ccc2-c2ccc(N(c3ccccc3)c3ccc4c(c3)C(C)(C)c3ccc5ccccc5c3-4)cc21. The van der Waals surface area contributed by atoms with Crippen LogP contribution >= 0.6 is 0 Å². The minimum absolute atomic E-state index is 0.106. The lowest BCUT2D eigenvalue weighted by atomic mass is 9.81. The molecule has 1 nitrogen and oxygen atoms in total. The number of fused-ring (bicyclic) bond motifs is 8. The normalized spacial score (nSPS) is 14.7. The van der Waals surface area contributed by atoms with E-state index >= 15 is 0 Å². The third kappa shape index (κ3) is 4.09. The van der Waals surface area contributed by atoms with Crippen molar-refractivity contribution in [3.05, 3.63) is 174 Å². The monoisotopic (exact) mass is 603 g/mol. The molecule has 0 unspecified atom stereocenters. The van der Waals surface area contributed by atoms with Crippen LogP contribution in [0.3, 0.4) is 0 Å². The Morgan fingerprint density at radius 1 is 0.383 bits per heavy atom. The molecule has 0 atom stereocenters. The first-order valence-electron chi connectivity index (χ1n) is 16.7. The van der Waals surface area contributed by atoms with E-state index in [-0.39, 0.29) is 10.8 Å². The summed E-state index contributed by atoms with van der Waals surface area (Å²) >= 11 is 0. The van der Waals surface area contributed by atoms with E-state index < -0.39 is 0 Å². The zero-order valence-electron chi connectivity index (χ0n) is 27.4. The van der Waals surface area contributed by atoms with Gasteiger partial charge in [-0.3, -0.25) is 0 Å². The molecule has 9 rings (SSSR count). The summed E-state index contributed by atoms with van der Waals surface area (Å²) in [5.41, 5.74) is 16.8. The Bertz CT molecular complexity index is 2340. The van der Waals surface area contributed by atoms with Crippen molar-refractivity contribution in [2.24, 2.45) is 0 Å². The smallest absolute Gasteiger partial charge is 0.0465 e. The lowest BCUT2D eigenvalue weighted by molar-refractivity contribution is 0.660. The summed E-state index contributed by atoms with van der Waals surface area (Å²) in [6, 6.07) is 56.2. The van der Waals surface area contributed by atoms with Crippen molar-refractivity contribution < 1.29 is 0 Å². The maximum atomic E-state index is 2.44. The Morgan fingerprint density at radius 3 is 1.66 bits per heavy atom. The fourth-order valence-corrected chi connectivity index (χ4v) is 8.33. The molecule has 2 aliphatic carbocycles. The van der Waals surface area contributed by atoms with Gasteiger partial charge in [-0.1, -0.05) is 137 Å². The summed E-state index contributed by atoms with van der Waals surface area (Å²) < 4.78 is 0. The molecule has 7 aromatic carbocycles. The van der Waals surface area contributed by atoms with E-state index in [9.17, 15) is 0 Å². The Hall–Kier alpha value is -5.40. The van der Waals surface area contributed by atoms with Gasteiger partial charge in [0.25, 0.3) is 0 Å². The molecule has 0 saturated carbocycles. The highest BCUT2D eigenvalue weighted by molar-refractivity contribution is 6.03. The Kier molecular flexibility index (Phi) is 5.96. The second kappa shape index (κ2) is 10.0. The van der Waals surface area contributed by atoms with Crippen LogP contribution in [0, 0.1) is 0 Å². The van der Waals surface area contributed by atoms with E-state index in [0.29, 0.717) is 0 Å². The molecule has 7 aromatic rings. The molecule has 0 N–H and O–H groups in total. The molecule has 226 valence electrons. The molecule has 0 radical (unpaired) electrons. The van der Waals surface area contributed by atoms with Crippen molar-refractivity contribution in [3.63, 3.8) is 0 Å². The summed E-state index contributed by atoms with van der Waals surface area (Å²) in [7, 11) is 0. The van der Waals surface area contributed by atoms with Crippen molar-refractivity contribution in [1.29, 1.82) is 0 Å². The topological polar surface area (TPSA) is 3.24 Å². The van der Waals surface area contributed by atoms with Crippen molar-refractivity contribution in [2.75, 3.05) is 4.90 Å². The fraction of sp³-hybridized carbons (Fsp3) is 0.130. The molecule has 1 heteroatoms. The van der Waals surface area contributed by atoms with Crippen LogP contribution in [0.2, 0.25) is 0 Å². The standard InChI is InChI=1S/C46H37N/c1-45(2)40-26-20-31-15-11-12-18-36(31)44(40)39-25-22-35(29-43(39)45)47(33-16-9-6-10-17-33)34-21-24-38-37-23-19-32(30-13-7-5-8-14-30)27-41(37)46(3,4)42(38)28-34/h5-29H,1-4H3. The van der Waals surface area contributed by atoms with Gasteiger partial charge < -0.3 is 4.90 Å². The number of nitrogens with zero attached hydrogens (tertiary/aromatic N) is 1. The van der Waals surface area contributed by atoms with E-state index in [1.165, 1.54) is 77.8 Å². The number of benzene rings is 7. The molecule has 0 aromatic heterocycles. The average Bonchev–Trinajstić information content (AvgIpc) is 3.48. The van der Waals surface area contributed by atoms with Gasteiger partial charge in [-0.2, -0.15) is 0 Å². The van der Waals surface area contributed by atoms with Gasteiger partial charge in [0.05, 0.1) is 0 Å². The molecule has 0 spiro atoms. The van der Waals surface area contributed by atoms with Crippen molar-refractivity contribution in [2.45, 2.75) is 38.5 Å². The highest BCUT2D eigenvalue weighted by Crippen LogP contribution is 2.54. The fourth-order valence-electron chi connectivity index (χ4n) is 8.33. The van der Waals surface area contributed by atoms with Crippen LogP contribution in [0.1, 0.15) is 49.9 Å². The summed E-state index contributed by atoms with van der Waals surface area (Å²) in [5, 5.41) is 2.63. The van der Waals surface area contributed by atoms with Crippen LogP contribution in [0.15, 0.2) is 152 Å². The van der Waals surface area contributed by atoms with Crippen molar-refractivity contribution >= 4 is 27.8 Å². The minimum Gasteiger partial charge on any atom is -0.310 e. The minimum atomic E-state index is -0.129. The average molecular weight is 604 g/mol. The summed E-state index contributed by atoms with van der Waals surface area (Å²) in [6.07, 6.45) is 0. The maximum absolute atomic E-state index is 2.44. The number of anilines is 3. The van der Waals surface area contributed by atoms with Gasteiger partial charge in [0.15, 0.2) is 0 Å². The van der Waals surface area contributed by atoms with Crippen LogP contribution in [-0.2, 0) is 10.8 Å². The second-order valence-electron chi connectivity index (χ2n) is 14.2. The molecule has 0 heterocycles. The quantitative estimate of drug-likeness (QED) is 0.193. The number of para-hydroxylation sites is 1. The Balaban J connectivity index is 1.19. The molecule has 0 bridgehead atoms. The highest BCUT2D eigenvalue weighted by atomic mass is 15.1. The van der Waals surface area contributed by atoms with Gasteiger partial charge in [-0.25, -0.2) is 0 Å². The van der Waals surface area contributed by atoms with Gasteiger partial charge in [0, 0.05) is 27.9 Å². The summed E-state index contributed by atoms with van der Waals surface area (Å²) in [4.78, 5) is 2.44. The molecule has 0 amide bonds. The largest absolute Gasteiger partial charge is 0.310 e.